The Morgan fingerprint density at radius 3 is 3.04 bits per heavy atom. The van der Waals surface area contributed by atoms with Gasteiger partial charge < -0.3 is 14.6 Å². The fraction of sp³-hybridized carbons (Fsp3) is 0.235. The van der Waals surface area contributed by atoms with Gasteiger partial charge in [-0.3, -0.25) is 4.98 Å². The molecule has 1 N–H and O–H groups in total. The number of aryl methyl sites for hydroxylation is 1. The largest absolute Gasteiger partial charge is 0.497 e. The number of nitriles is 1. The molecule has 0 saturated heterocycles. The van der Waals surface area contributed by atoms with Crippen LogP contribution in [0, 0.1) is 11.3 Å². The lowest BCUT2D eigenvalue weighted by Crippen LogP contribution is -2.07. The van der Waals surface area contributed by atoms with E-state index in [2.05, 4.69) is 21.4 Å². The number of aromatic nitrogens is 3. The quantitative estimate of drug-likeness (QED) is 0.709. The van der Waals surface area contributed by atoms with E-state index >= 15 is 0 Å². The van der Waals surface area contributed by atoms with Gasteiger partial charge in [0.25, 0.3) is 0 Å². The summed E-state index contributed by atoms with van der Waals surface area (Å²) in [7, 11) is 1.63. The van der Waals surface area contributed by atoms with E-state index in [1.807, 2.05) is 29.0 Å². The van der Waals surface area contributed by atoms with Crippen molar-refractivity contribution in [2.24, 2.45) is 0 Å². The normalized spacial score (nSPS) is 10.4. The molecule has 2 aromatic heterocycles. The van der Waals surface area contributed by atoms with Gasteiger partial charge in [0.15, 0.2) is 0 Å². The summed E-state index contributed by atoms with van der Waals surface area (Å²) in [5.74, 6) is 0.746. The SMILES string of the molecule is COc1ccc2ncc(C#N)c(NCCCn3ccnc3)c2c1. The first-order valence-corrected chi connectivity index (χ1v) is 7.38. The second-order valence-corrected chi connectivity index (χ2v) is 5.12. The van der Waals surface area contributed by atoms with Gasteiger partial charge >= 0.3 is 0 Å². The maximum atomic E-state index is 9.34. The van der Waals surface area contributed by atoms with Gasteiger partial charge in [-0.15, -0.1) is 0 Å². The zero-order chi connectivity index (χ0) is 16.1. The van der Waals surface area contributed by atoms with Gasteiger partial charge in [-0.05, 0) is 24.6 Å². The molecule has 0 unspecified atom stereocenters. The number of rotatable bonds is 6. The number of nitrogens with zero attached hydrogens (tertiary/aromatic N) is 4. The van der Waals surface area contributed by atoms with Gasteiger partial charge in [-0.1, -0.05) is 0 Å². The molecule has 3 rings (SSSR count). The number of fused-ring (bicyclic) bond motifs is 1. The summed E-state index contributed by atoms with van der Waals surface area (Å²) in [5, 5.41) is 13.6. The Hall–Kier alpha value is -3.07. The van der Waals surface area contributed by atoms with E-state index in [1.165, 1.54) is 0 Å². The molecule has 0 amide bonds. The lowest BCUT2D eigenvalue weighted by atomic mass is 10.1. The molecule has 0 radical (unpaired) electrons. The number of hydrogen-bond donors (Lipinski definition) is 1. The van der Waals surface area contributed by atoms with Crippen molar-refractivity contribution < 1.29 is 4.74 Å². The number of imidazole rings is 1. The van der Waals surface area contributed by atoms with Crippen LogP contribution in [0.1, 0.15) is 12.0 Å². The number of methoxy groups -OCH3 is 1. The zero-order valence-electron chi connectivity index (χ0n) is 12.9. The van der Waals surface area contributed by atoms with Crippen LogP contribution >= 0.6 is 0 Å². The highest BCUT2D eigenvalue weighted by molar-refractivity contribution is 5.94. The minimum absolute atomic E-state index is 0.536. The van der Waals surface area contributed by atoms with E-state index < -0.39 is 0 Å². The lowest BCUT2D eigenvalue weighted by molar-refractivity contribution is 0.415. The van der Waals surface area contributed by atoms with Crippen molar-refractivity contribution in [2.45, 2.75) is 13.0 Å². The summed E-state index contributed by atoms with van der Waals surface area (Å²) in [4.78, 5) is 8.35. The average Bonchev–Trinajstić information content (AvgIpc) is 3.11. The van der Waals surface area contributed by atoms with Gasteiger partial charge in [0, 0.05) is 37.1 Å². The monoisotopic (exact) mass is 307 g/mol. The Kier molecular flexibility index (Phi) is 4.39. The molecule has 0 fully saturated rings. The van der Waals surface area contributed by atoms with E-state index in [-0.39, 0.29) is 0 Å². The number of benzene rings is 1. The first-order valence-electron chi connectivity index (χ1n) is 7.38. The van der Waals surface area contributed by atoms with Gasteiger partial charge in [0.05, 0.1) is 30.2 Å². The second kappa shape index (κ2) is 6.79. The highest BCUT2D eigenvalue weighted by atomic mass is 16.5. The molecule has 6 heteroatoms. The summed E-state index contributed by atoms with van der Waals surface area (Å²) in [5.41, 5.74) is 2.18. The van der Waals surface area contributed by atoms with Crippen LogP contribution in [-0.2, 0) is 6.54 Å². The third-order valence-corrected chi connectivity index (χ3v) is 3.65. The highest BCUT2D eigenvalue weighted by Gasteiger charge is 2.09. The van der Waals surface area contributed by atoms with Crippen LogP contribution in [0.25, 0.3) is 10.9 Å². The summed E-state index contributed by atoms with van der Waals surface area (Å²) >= 11 is 0. The fourth-order valence-corrected chi connectivity index (χ4v) is 2.47. The first kappa shape index (κ1) is 14.9. The minimum Gasteiger partial charge on any atom is -0.497 e. The Balaban J connectivity index is 1.81. The van der Waals surface area contributed by atoms with Gasteiger partial charge in [-0.25, -0.2) is 4.98 Å². The first-order chi connectivity index (χ1) is 11.3. The number of nitrogens with one attached hydrogen (secondary N) is 1. The third kappa shape index (κ3) is 3.24. The van der Waals surface area contributed by atoms with Crippen molar-refractivity contribution in [2.75, 3.05) is 19.0 Å². The molecule has 0 aliphatic carbocycles. The molecule has 0 saturated carbocycles. The van der Waals surface area contributed by atoms with Crippen molar-refractivity contribution in [3.05, 3.63) is 48.7 Å². The Morgan fingerprint density at radius 2 is 2.30 bits per heavy atom. The molecule has 0 atom stereocenters. The van der Waals surface area contributed by atoms with Crippen molar-refractivity contribution in [1.29, 1.82) is 5.26 Å². The summed E-state index contributed by atoms with van der Waals surface area (Å²) < 4.78 is 7.30. The van der Waals surface area contributed by atoms with Crippen molar-refractivity contribution in [1.82, 2.24) is 14.5 Å². The maximum Gasteiger partial charge on any atom is 0.119 e. The molecular formula is C17H17N5O. The Labute approximate surface area is 134 Å². The Morgan fingerprint density at radius 1 is 1.39 bits per heavy atom. The van der Waals surface area contributed by atoms with Crippen molar-refractivity contribution >= 4 is 16.6 Å². The summed E-state index contributed by atoms with van der Waals surface area (Å²) in [6.07, 6.45) is 8.03. The van der Waals surface area contributed by atoms with Gasteiger partial charge in [0.1, 0.15) is 11.8 Å². The fourth-order valence-electron chi connectivity index (χ4n) is 2.47. The van der Waals surface area contributed by atoms with Crippen LogP contribution in [0.5, 0.6) is 5.75 Å². The summed E-state index contributed by atoms with van der Waals surface area (Å²) in [6.45, 7) is 1.63. The van der Waals surface area contributed by atoms with Crippen molar-refractivity contribution in [3.8, 4) is 11.8 Å². The minimum atomic E-state index is 0.536. The molecule has 0 bridgehead atoms. The molecule has 6 nitrogen and oxygen atoms in total. The van der Waals surface area contributed by atoms with Gasteiger partial charge in [0.2, 0.25) is 0 Å². The zero-order valence-corrected chi connectivity index (χ0v) is 12.9. The third-order valence-electron chi connectivity index (χ3n) is 3.65. The maximum absolute atomic E-state index is 9.34. The lowest BCUT2D eigenvalue weighted by Gasteiger charge is -2.12. The highest BCUT2D eigenvalue weighted by Crippen LogP contribution is 2.28. The van der Waals surface area contributed by atoms with E-state index in [0.717, 1.165) is 41.9 Å². The van der Waals surface area contributed by atoms with Crippen molar-refractivity contribution in [3.63, 3.8) is 0 Å². The van der Waals surface area contributed by atoms with Crippen LogP contribution in [-0.4, -0.2) is 28.2 Å². The van der Waals surface area contributed by atoms with E-state index in [9.17, 15) is 5.26 Å². The summed E-state index contributed by atoms with van der Waals surface area (Å²) in [6, 6.07) is 7.86. The molecule has 0 spiro atoms. The molecule has 0 aliphatic heterocycles. The van der Waals surface area contributed by atoms with E-state index in [4.69, 9.17) is 4.74 Å². The number of hydrogen-bond acceptors (Lipinski definition) is 5. The number of ether oxygens (including phenoxy) is 1. The molecule has 0 aliphatic rings. The molecule has 1 aromatic carbocycles. The molecule has 2 heterocycles. The predicted molar refractivity (Wildman–Crippen MR) is 88.3 cm³/mol. The number of anilines is 1. The molecule has 3 aromatic rings. The van der Waals surface area contributed by atoms with Crippen LogP contribution in [0.4, 0.5) is 5.69 Å². The molecule has 116 valence electrons. The van der Waals surface area contributed by atoms with Gasteiger partial charge in [-0.2, -0.15) is 5.26 Å². The number of pyridine rings is 1. The van der Waals surface area contributed by atoms with Crippen LogP contribution in [0.3, 0.4) is 0 Å². The van der Waals surface area contributed by atoms with Crippen LogP contribution in [0.2, 0.25) is 0 Å². The second-order valence-electron chi connectivity index (χ2n) is 5.12. The smallest absolute Gasteiger partial charge is 0.119 e. The Bertz CT molecular complexity index is 836. The molecule has 23 heavy (non-hydrogen) atoms. The topological polar surface area (TPSA) is 75.8 Å². The predicted octanol–water partition coefficient (Wildman–Crippen LogP) is 2.81. The van der Waals surface area contributed by atoms with Crippen LogP contribution < -0.4 is 10.1 Å². The van der Waals surface area contributed by atoms with Crippen LogP contribution in [0.15, 0.2) is 43.1 Å². The van der Waals surface area contributed by atoms with E-state index in [1.54, 1.807) is 25.8 Å². The molecular weight excluding hydrogens is 290 g/mol. The van der Waals surface area contributed by atoms with E-state index in [0.29, 0.717) is 5.56 Å². The average molecular weight is 307 g/mol. The standard InChI is InChI=1S/C17H17N5O/c1-23-14-3-4-16-15(9-14)17(13(10-18)11-21-16)20-5-2-7-22-8-6-19-12-22/h3-4,6,8-9,11-12H,2,5,7H2,1H3,(H,20,21).